The number of likely N-dealkylation sites (tertiary alicyclic amines) is 1. The third-order valence-electron chi connectivity index (χ3n) is 5.94. The molecule has 2 heterocycles. The first kappa shape index (κ1) is 20.6. The summed E-state index contributed by atoms with van der Waals surface area (Å²) in [4.78, 5) is 32.3. The Bertz CT molecular complexity index is 683. The van der Waals surface area contributed by atoms with Crippen molar-refractivity contribution in [3.8, 4) is 5.75 Å². The molecule has 6 nitrogen and oxygen atoms in total. The summed E-state index contributed by atoms with van der Waals surface area (Å²) in [6.07, 6.45) is 3.05. The van der Waals surface area contributed by atoms with E-state index in [9.17, 15) is 9.59 Å². The maximum Gasteiger partial charge on any atom is 0.245 e. The minimum absolute atomic E-state index is 0.0829. The van der Waals surface area contributed by atoms with Crippen molar-refractivity contribution < 1.29 is 14.3 Å². The van der Waals surface area contributed by atoms with E-state index in [0.29, 0.717) is 19.0 Å². The van der Waals surface area contributed by atoms with Crippen LogP contribution in [-0.2, 0) is 16.1 Å². The summed E-state index contributed by atoms with van der Waals surface area (Å²) in [7, 11) is 1.64. The molecule has 1 unspecified atom stereocenters. The number of piperazine rings is 1. The number of carbonyl (C=O) groups is 2. The molecule has 0 radical (unpaired) electrons. The number of carbonyl (C=O) groups excluding carboxylic acids is 2. The van der Waals surface area contributed by atoms with Gasteiger partial charge in [-0.15, -0.1) is 0 Å². The molecule has 0 saturated carbocycles. The minimum atomic E-state index is -0.355. The molecule has 1 aromatic rings. The van der Waals surface area contributed by atoms with Crippen molar-refractivity contribution in [2.45, 2.75) is 58.2 Å². The van der Waals surface area contributed by atoms with Gasteiger partial charge in [0.25, 0.3) is 0 Å². The topological polar surface area (TPSA) is 53.1 Å². The first-order valence-electron chi connectivity index (χ1n) is 10.4. The Labute approximate surface area is 168 Å². The normalized spacial score (nSPS) is 21.7. The average Bonchev–Trinajstić information content (AvgIpc) is 2.89. The molecule has 28 heavy (non-hydrogen) atoms. The van der Waals surface area contributed by atoms with Crippen molar-refractivity contribution in [2.75, 3.05) is 33.3 Å². The summed E-state index contributed by atoms with van der Waals surface area (Å²) in [5.41, 5.74) is 0.997. The van der Waals surface area contributed by atoms with E-state index in [1.165, 1.54) is 0 Å². The van der Waals surface area contributed by atoms with Crippen molar-refractivity contribution in [3.05, 3.63) is 29.8 Å². The summed E-state index contributed by atoms with van der Waals surface area (Å²) in [6, 6.07) is 7.90. The Morgan fingerprint density at radius 1 is 1.18 bits per heavy atom. The van der Waals surface area contributed by atoms with E-state index in [4.69, 9.17) is 4.74 Å². The molecule has 6 heteroatoms. The SMILES string of the molecule is COc1cccc(CN2C(=O)CCCCC2C(=O)N2CCN(C(C)C)CC2)c1. The monoisotopic (exact) mass is 387 g/mol. The summed E-state index contributed by atoms with van der Waals surface area (Å²) in [6.45, 7) is 8.14. The van der Waals surface area contributed by atoms with Crippen molar-refractivity contribution in [1.29, 1.82) is 0 Å². The van der Waals surface area contributed by atoms with Crippen LogP contribution in [0.5, 0.6) is 5.75 Å². The predicted octanol–water partition coefficient (Wildman–Crippen LogP) is 2.52. The van der Waals surface area contributed by atoms with Crippen LogP contribution in [0.15, 0.2) is 24.3 Å². The Morgan fingerprint density at radius 3 is 2.61 bits per heavy atom. The van der Waals surface area contributed by atoms with Gasteiger partial charge in [-0.2, -0.15) is 0 Å². The molecule has 0 aliphatic carbocycles. The highest BCUT2D eigenvalue weighted by molar-refractivity contribution is 5.88. The van der Waals surface area contributed by atoms with E-state index in [0.717, 1.165) is 56.8 Å². The fraction of sp³-hybridized carbons (Fsp3) is 0.636. The molecule has 1 aromatic carbocycles. The predicted molar refractivity (Wildman–Crippen MR) is 109 cm³/mol. The van der Waals surface area contributed by atoms with Crippen LogP contribution in [0.25, 0.3) is 0 Å². The Balaban J connectivity index is 1.74. The molecule has 2 saturated heterocycles. The standard InChI is InChI=1S/C22H33N3O3/c1-17(2)23-11-13-24(14-12-23)22(27)20-9-4-5-10-21(26)25(20)16-18-7-6-8-19(15-18)28-3/h6-8,15,17,20H,4-5,9-14,16H2,1-3H3. The van der Waals surface area contributed by atoms with Gasteiger partial charge >= 0.3 is 0 Å². The number of hydrogen-bond acceptors (Lipinski definition) is 4. The van der Waals surface area contributed by atoms with E-state index in [1.54, 1.807) is 12.0 Å². The van der Waals surface area contributed by atoms with Gasteiger partial charge in [0.15, 0.2) is 0 Å². The molecule has 0 spiro atoms. The van der Waals surface area contributed by atoms with Crippen LogP contribution in [0.3, 0.4) is 0 Å². The molecule has 2 fully saturated rings. The van der Waals surface area contributed by atoms with Gasteiger partial charge in [-0.3, -0.25) is 14.5 Å². The van der Waals surface area contributed by atoms with E-state index in [-0.39, 0.29) is 17.9 Å². The van der Waals surface area contributed by atoms with Gasteiger partial charge in [-0.25, -0.2) is 0 Å². The smallest absolute Gasteiger partial charge is 0.245 e. The number of nitrogens with zero attached hydrogens (tertiary/aromatic N) is 3. The molecule has 2 aliphatic rings. The van der Waals surface area contributed by atoms with Crippen LogP contribution in [0.1, 0.15) is 45.1 Å². The van der Waals surface area contributed by atoms with E-state index in [2.05, 4.69) is 18.7 Å². The molecule has 2 aliphatic heterocycles. The largest absolute Gasteiger partial charge is 0.497 e. The third-order valence-corrected chi connectivity index (χ3v) is 5.94. The average molecular weight is 388 g/mol. The Kier molecular flexibility index (Phi) is 6.94. The second-order valence-corrected chi connectivity index (χ2v) is 8.09. The molecule has 154 valence electrons. The number of amides is 2. The van der Waals surface area contributed by atoms with Crippen molar-refractivity contribution in [2.24, 2.45) is 0 Å². The molecule has 1 atom stereocenters. The summed E-state index contributed by atoms with van der Waals surface area (Å²) < 4.78 is 5.31. The number of methoxy groups -OCH3 is 1. The maximum absolute atomic E-state index is 13.3. The van der Waals surface area contributed by atoms with Crippen LogP contribution in [0.4, 0.5) is 0 Å². The highest BCUT2D eigenvalue weighted by atomic mass is 16.5. The lowest BCUT2D eigenvalue weighted by molar-refractivity contribution is -0.147. The second-order valence-electron chi connectivity index (χ2n) is 8.09. The molecule has 0 N–H and O–H groups in total. The van der Waals surface area contributed by atoms with Crippen LogP contribution in [0, 0.1) is 0 Å². The number of hydrogen-bond donors (Lipinski definition) is 0. The van der Waals surface area contributed by atoms with Crippen LogP contribution < -0.4 is 4.74 Å². The molecular weight excluding hydrogens is 354 g/mol. The van der Waals surface area contributed by atoms with Crippen LogP contribution in [-0.4, -0.2) is 71.9 Å². The maximum atomic E-state index is 13.3. The second kappa shape index (κ2) is 9.41. The number of ether oxygens (including phenoxy) is 1. The van der Waals surface area contributed by atoms with Crippen molar-refractivity contribution in [1.82, 2.24) is 14.7 Å². The molecular formula is C22H33N3O3. The van der Waals surface area contributed by atoms with E-state index in [1.807, 2.05) is 29.2 Å². The van der Waals surface area contributed by atoms with Gasteiger partial charge < -0.3 is 14.5 Å². The summed E-state index contributed by atoms with van der Waals surface area (Å²) in [5, 5.41) is 0. The minimum Gasteiger partial charge on any atom is -0.497 e. The lowest BCUT2D eigenvalue weighted by Gasteiger charge is -2.40. The van der Waals surface area contributed by atoms with Gasteiger partial charge in [0.05, 0.1) is 7.11 Å². The van der Waals surface area contributed by atoms with E-state index < -0.39 is 0 Å². The first-order chi connectivity index (χ1) is 13.5. The van der Waals surface area contributed by atoms with E-state index >= 15 is 0 Å². The number of benzene rings is 1. The Morgan fingerprint density at radius 2 is 1.93 bits per heavy atom. The highest BCUT2D eigenvalue weighted by Gasteiger charge is 2.35. The van der Waals surface area contributed by atoms with Crippen molar-refractivity contribution >= 4 is 11.8 Å². The highest BCUT2D eigenvalue weighted by Crippen LogP contribution is 2.24. The molecule has 3 rings (SSSR count). The lowest BCUT2D eigenvalue weighted by Crippen LogP contribution is -2.56. The molecule has 0 aromatic heterocycles. The van der Waals surface area contributed by atoms with Gasteiger partial charge in [0.1, 0.15) is 11.8 Å². The van der Waals surface area contributed by atoms with Gasteiger partial charge in [0, 0.05) is 45.2 Å². The summed E-state index contributed by atoms with van der Waals surface area (Å²) >= 11 is 0. The van der Waals surface area contributed by atoms with Crippen LogP contribution >= 0.6 is 0 Å². The lowest BCUT2D eigenvalue weighted by atomic mass is 10.1. The van der Waals surface area contributed by atoms with Gasteiger partial charge in [-0.05, 0) is 44.4 Å². The first-order valence-corrected chi connectivity index (χ1v) is 10.4. The zero-order chi connectivity index (χ0) is 20.1. The Hall–Kier alpha value is -2.08. The van der Waals surface area contributed by atoms with Gasteiger partial charge in [-0.1, -0.05) is 18.6 Å². The zero-order valence-electron chi connectivity index (χ0n) is 17.4. The number of rotatable bonds is 5. The third kappa shape index (κ3) is 4.85. The van der Waals surface area contributed by atoms with Crippen molar-refractivity contribution in [3.63, 3.8) is 0 Å². The summed E-state index contributed by atoms with van der Waals surface area (Å²) in [5.74, 6) is 0.966. The fourth-order valence-electron chi connectivity index (χ4n) is 4.18. The quantitative estimate of drug-likeness (QED) is 0.779. The zero-order valence-corrected chi connectivity index (χ0v) is 17.4. The fourth-order valence-corrected chi connectivity index (χ4v) is 4.18. The molecule has 0 bridgehead atoms. The molecule has 2 amide bonds. The van der Waals surface area contributed by atoms with Gasteiger partial charge in [0.2, 0.25) is 11.8 Å². The van der Waals surface area contributed by atoms with Crippen LogP contribution in [0.2, 0.25) is 0 Å².